The summed E-state index contributed by atoms with van der Waals surface area (Å²) in [5.74, 6) is -1.15. The van der Waals surface area contributed by atoms with E-state index in [1.807, 2.05) is 0 Å². The predicted octanol–water partition coefficient (Wildman–Crippen LogP) is 7.08. The molecule has 2 rings (SSSR count). The standard InChI is InChI=1S/C24H24BrF6NO4/c1-13(32-20(34)36-21(2,3)4)14-5-7-15(8-6-14)19(33)12-22(35,24(29,30)31)16-9-17(23(26,27)28)11-18(25)10-16/h5-11,13,35H,12H2,1-4H3,(H,32,34)/t13-,22?/m0/s1. The molecule has 198 valence electrons. The fourth-order valence-electron chi connectivity index (χ4n) is 3.22. The molecule has 0 bridgehead atoms. The smallest absolute Gasteiger partial charge is 0.421 e. The lowest BCUT2D eigenvalue weighted by Crippen LogP contribution is -2.44. The molecule has 0 aliphatic heterocycles. The van der Waals surface area contributed by atoms with Crippen LogP contribution in [-0.2, 0) is 16.5 Å². The Morgan fingerprint density at radius 3 is 1.97 bits per heavy atom. The average Bonchev–Trinajstić information content (AvgIpc) is 2.70. The van der Waals surface area contributed by atoms with Crippen molar-refractivity contribution in [2.75, 3.05) is 0 Å². The van der Waals surface area contributed by atoms with Crippen LogP contribution in [0.3, 0.4) is 0 Å². The zero-order valence-corrected chi connectivity index (χ0v) is 21.2. The van der Waals surface area contributed by atoms with Crippen LogP contribution in [0, 0.1) is 0 Å². The monoisotopic (exact) mass is 583 g/mol. The van der Waals surface area contributed by atoms with Gasteiger partial charge < -0.3 is 15.2 Å². The largest absolute Gasteiger partial charge is 0.444 e. The Labute approximate surface area is 212 Å². The molecule has 0 heterocycles. The summed E-state index contributed by atoms with van der Waals surface area (Å²) < 4.78 is 85.9. The molecule has 0 spiro atoms. The second-order valence-corrected chi connectivity index (χ2v) is 10.1. The molecule has 1 amide bonds. The first-order valence-corrected chi connectivity index (χ1v) is 11.3. The lowest BCUT2D eigenvalue weighted by Gasteiger charge is -2.31. The van der Waals surface area contributed by atoms with Crippen LogP contribution < -0.4 is 5.32 Å². The third-order valence-corrected chi connectivity index (χ3v) is 5.51. The maximum absolute atomic E-state index is 13.9. The van der Waals surface area contributed by atoms with Gasteiger partial charge in [-0.3, -0.25) is 4.79 Å². The van der Waals surface area contributed by atoms with Crippen LogP contribution >= 0.6 is 15.9 Å². The molecule has 2 aromatic carbocycles. The van der Waals surface area contributed by atoms with E-state index in [9.17, 15) is 41.0 Å². The van der Waals surface area contributed by atoms with Crippen molar-refractivity contribution >= 4 is 27.8 Å². The number of amides is 1. The van der Waals surface area contributed by atoms with Crippen molar-refractivity contribution in [1.82, 2.24) is 5.32 Å². The van der Waals surface area contributed by atoms with Gasteiger partial charge in [0.05, 0.1) is 18.0 Å². The molecule has 12 heteroatoms. The summed E-state index contributed by atoms with van der Waals surface area (Å²) in [6.07, 6.45) is -12.7. The average molecular weight is 584 g/mol. The maximum atomic E-state index is 13.9. The summed E-state index contributed by atoms with van der Waals surface area (Å²) in [4.78, 5) is 24.6. The number of hydrogen-bond donors (Lipinski definition) is 2. The van der Waals surface area contributed by atoms with Crippen molar-refractivity contribution in [2.24, 2.45) is 0 Å². The Hall–Kier alpha value is -2.60. The van der Waals surface area contributed by atoms with Gasteiger partial charge in [-0.1, -0.05) is 40.2 Å². The van der Waals surface area contributed by atoms with Gasteiger partial charge in [-0.25, -0.2) is 4.79 Å². The topological polar surface area (TPSA) is 75.6 Å². The van der Waals surface area contributed by atoms with Gasteiger partial charge in [-0.05, 0) is 57.0 Å². The minimum absolute atomic E-state index is 0.165. The van der Waals surface area contributed by atoms with E-state index < -0.39 is 59.0 Å². The zero-order chi connectivity index (χ0) is 27.7. The van der Waals surface area contributed by atoms with E-state index in [1.54, 1.807) is 27.7 Å². The van der Waals surface area contributed by atoms with Crippen LogP contribution in [0.2, 0.25) is 0 Å². The normalized spacial score (nSPS) is 15.1. The van der Waals surface area contributed by atoms with Crippen molar-refractivity contribution < 1.29 is 45.8 Å². The molecular formula is C24H24BrF6NO4. The van der Waals surface area contributed by atoms with Crippen molar-refractivity contribution in [2.45, 2.75) is 63.7 Å². The Bertz CT molecular complexity index is 1110. The Balaban J connectivity index is 2.30. The molecule has 0 aliphatic carbocycles. The number of ether oxygens (including phenoxy) is 1. The van der Waals surface area contributed by atoms with Crippen LogP contribution in [-0.4, -0.2) is 28.8 Å². The second-order valence-electron chi connectivity index (χ2n) is 9.17. The van der Waals surface area contributed by atoms with Crippen molar-refractivity contribution in [3.63, 3.8) is 0 Å². The van der Waals surface area contributed by atoms with E-state index in [0.29, 0.717) is 17.7 Å². The van der Waals surface area contributed by atoms with Crippen LogP contribution in [0.1, 0.15) is 67.2 Å². The van der Waals surface area contributed by atoms with E-state index in [0.717, 1.165) is 0 Å². The number of benzene rings is 2. The zero-order valence-electron chi connectivity index (χ0n) is 19.6. The van der Waals surface area contributed by atoms with Gasteiger partial charge in [0.15, 0.2) is 11.4 Å². The second kappa shape index (κ2) is 10.4. The first kappa shape index (κ1) is 29.6. The molecule has 0 saturated carbocycles. The number of carbonyl (C=O) groups excluding carboxylic acids is 2. The summed E-state index contributed by atoms with van der Waals surface area (Å²) in [5, 5.41) is 13.1. The summed E-state index contributed by atoms with van der Waals surface area (Å²) >= 11 is 2.73. The quantitative estimate of drug-likeness (QED) is 0.281. The molecule has 2 aromatic rings. The van der Waals surface area contributed by atoms with Crippen molar-refractivity contribution in [1.29, 1.82) is 0 Å². The van der Waals surface area contributed by atoms with E-state index in [4.69, 9.17) is 4.74 Å². The fourth-order valence-corrected chi connectivity index (χ4v) is 3.71. The summed E-state index contributed by atoms with van der Waals surface area (Å²) in [6.45, 7) is 6.65. The summed E-state index contributed by atoms with van der Waals surface area (Å²) in [5.41, 5.74) is -6.86. The van der Waals surface area contributed by atoms with E-state index >= 15 is 0 Å². The number of nitrogens with one attached hydrogen (secondary N) is 1. The molecule has 1 unspecified atom stereocenters. The van der Waals surface area contributed by atoms with E-state index in [2.05, 4.69) is 21.2 Å². The molecule has 36 heavy (non-hydrogen) atoms. The van der Waals surface area contributed by atoms with Gasteiger partial charge in [-0.15, -0.1) is 0 Å². The minimum Gasteiger partial charge on any atom is -0.444 e. The molecule has 0 aliphatic rings. The third kappa shape index (κ3) is 7.45. The lowest BCUT2D eigenvalue weighted by molar-refractivity contribution is -0.265. The van der Waals surface area contributed by atoms with Gasteiger partial charge in [0.25, 0.3) is 0 Å². The number of alkyl carbamates (subject to hydrolysis) is 1. The van der Waals surface area contributed by atoms with E-state index in [-0.39, 0.29) is 16.1 Å². The number of ketones is 1. The highest BCUT2D eigenvalue weighted by Gasteiger charge is 2.56. The van der Waals surface area contributed by atoms with Gasteiger partial charge in [0, 0.05) is 10.0 Å². The minimum atomic E-state index is -5.46. The highest BCUT2D eigenvalue weighted by Crippen LogP contribution is 2.45. The molecule has 5 nitrogen and oxygen atoms in total. The number of carbonyl (C=O) groups is 2. The van der Waals surface area contributed by atoms with Crippen LogP contribution in [0.4, 0.5) is 31.1 Å². The highest BCUT2D eigenvalue weighted by atomic mass is 79.9. The van der Waals surface area contributed by atoms with Crippen LogP contribution in [0.25, 0.3) is 0 Å². The van der Waals surface area contributed by atoms with Gasteiger partial charge in [-0.2, -0.15) is 26.3 Å². The fraction of sp³-hybridized carbons (Fsp3) is 0.417. The molecule has 0 fully saturated rings. The van der Waals surface area contributed by atoms with Crippen molar-refractivity contribution in [3.05, 3.63) is 69.2 Å². The van der Waals surface area contributed by atoms with Gasteiger partial charge >= 0.3 is 18.4 Å². The number of hydrogen-bond acceptors (Lipinski definition) is 4. The molecule has 0 radical (unpaired) electrons. The summed E-state index contributed by atoms with van der Waals surface area (Å²) in [6, 6.07) is 6.02. The van der Waals surface area contributed by atoms with Crippen molar-refractivity contribution in [3.8, 4) is 0 Å². The Morgan fingerprint density at radius 2 is 1.50 bits per heavy atom. The summed E-state index contributed by atoms with van der Waals surface area (Å²) in [7, 11) is 0. The van der Waals surface area contributed by atoms with Gasteiger partial charge in [0.1, 0.15) is 5.60 Å². The highest BCUT2D eigenvalue weighted by molar-refractivity contribution is 9.10. The molecule has 2 N–H and O–H groups in total. The van der Waals surface area contributed by atoms with E-state index in [1.165, 1.54) is 24.3 Å². The van der Waals surface area contributed by atoms with Crippen LogP contribution in [0.15, 0.2) is 46.9 Å². The Morgan fingerprint density at radius 1 is 0.972 bits per heavy atom. The number of halogens is 7. The lowest BCUT2D eigenvalue weighted by atomic mass is 9.85. The number of aliphatic hydroxyl groups is 1. The number of alkyl halides is 6. The van der Waals surface area contributed by atoms with Crippen LogP contribution in [0.5, 0.6) is 0 Å². The molecule has 0 aromatic heterocycles. The number of rotatable bonds is 6. The third-order valence-electron chi connectivity index (χ3n) is 5.05. The predicted molar refractivity (Wildman–Crippen MR) is 122 cm³/mol. The SMILES string of the molecule is C[C@H](NC(=O)OC(C)(C)C)c1ccc(C(=O)CC(O)(c2cc(Br)cc(C(F)(F)F)c2)C(F)(F)F)cc1. The number of Topliss-reactive ketones (excluding diaryl/α,β-unsaturated/α-hetero) is 1. The first-order chi connectivity index (χ1) is 16.2. The molecule has 2 atom stereocenters. The molecular weight excluding hydrogens is 560 g/mol. The maximum Gasteiger partial charge on any atom is 0.421 e. The first-order valence-electron chi connectivity index (χ1n) is 10.5. The molecule has 0 saturated heterocycles. The van der Waals surface area contributed by atoms with Gasteiger partial charge in [0.2, 0.25) is 0 Å². The Kier molecular flexibility index (Phi) is 8.57.